The smallest absolute Gasteiger partial charge is 0.191 e. The van der Waals surface area contributed by atoms with Crippen molar-refractivity contribution < 1.29 is 4.42 Å². The van der Waals surface area contributed by atoms with E-state index in [0.29, 0.717) is 6.54 Å². The highest BCUT2D eigenvalue weighted by Gasteiger charge is 2.24. The number of hydrogen-bond acceptors (Lipinski definition) is 4. The van der Waals surface area contributed by atoms with Crippen LogP contribution in [0.25, 0.3) is 0 Å². The molecule has 0 aliphatic carbocycles. The molecule has 3 rings (SSSR count). The number of likely N-dealkylation sites (tertiary alicyclic amines) is 1. The third-order valence-corrected chi connectivity index (χ3v) is 4.39. The number of furan rings is 1. The van der Waals surface area contributed by atoms with Gasteiger partial charge in [0.1, 0.15) is 5.76 Å². The Labute approximate surface area is 165 Å². The molecule has 0 amide bonds. The van der Waals surface area contributed by atoms with Gasteiger partial charge in [0.05, 0.1) is 24.5 Å². The molecule has 0 spiro atoms. The third kappa shape index (κ3) is 5.74. The largest absolute Gasteiger partial charge is 0.468 e. The second-order valence-electron chi connectivity index (χ2n) is 6.02. The number of H-pyrrole nitrogens is 1. The number of halogens is 1. The van der Waals surface area contributed by atoms with Crippen LogP contribution in [0, 0.1) is 0 Å². The van der Waals surface area contributed by atoms with E-state index in [0.717, 1.165) is 37.0 Å². The molecule has 138 valence electrons. The Kier molecular flexibility index (Phi) is 8.26. The van der Waals surface area contributed by atoms with Crippen LogP contribution in [0.4, 0.5) is 0 Å². The van der Waals surface area contributed by atoms with Crippen LogP contribution in [0.3, 0.4) is 0 Å². The zero-order valence-electron chi connectivity index (χ0n) is 14.6. The van der Waals surface area contributed by atoms with Gasteiger partial charge in [-0.15, -0.1) is 24.0 Å². The van der Waals surface area contributed by atoms with Gasteiger partial charge in [-0.25, -0.2) is 0 Å². The lowest BCUT2D eigenvalue weighted by Crippen LogP contribution is -2.44. The molecule has 25 heavy (non-hydrogen) atoms. The SMILES string of the molecule is CN=C(NCc1ccn[nH]1)NCC(c1ccco1)N1CCCCC1.I. The Morgan fingerprint density at radius 3 is 2.80 bits per heavy atom. The van der Waals surface area contributed by atoms with E-state index in [9.17, 15) is 0 Å². The first-order valence-electron chi connectivity index (χ1n) is 8.57. The number of aromatic amines is 1. The monoisotopic (exact) mass is 458 g/mol. The van der Waals surface area contributed by atoms with Crippen molar-refractivity contribution in [1.29, 1.82) is 0 Å². The lowest BCUT2D eigenvalue weighted by atomic mass is 10.1. The average Bonchev–Trinajstić information content (AvgIpc) is 3.32. The van der Waals surface area contributed by atoms with E-state index in [1.165, 1.54) is 19.3 Å². The van der Waals surface area contributed by atoms with Gasteiger partial charge in [-0.05, 0) is 44.1 Å². The summed E-state index contributed by atoms with van der Waals surface area (Å²) in [6, 6.07) is 6.19. The fourth-order valence-corrected chi connectivity index (χ4v) is 3.10. The number of piperidine rings is 1. The maximum atomic E-state index is 5.68. The highest BCUT2D eigenvalue weighted by molar-refractivity contribution is 14.0. The van der Waals surface area contributed by atoms with E-state index in [1.807, 2.05) is 12.1 Å². The van der Waals surface area contributed by atoms with Crippen molar-refractivity contribution in [3.8, 4) is 0 Å². The van der Waals surface area contributed by atoms with Crippen LogP contribution in [-0.2, 0) is 6.54 Å². The molecule has 3 N–H and O–H groups in total. The van der Waals surface area contributed by atoms with Gasteiger partial charge in [0.25, 0.3) is 0 Å². The molecular weight excluding hydrogens is 431 g/mol. The van der Waals surface area contributed by atoms with Crippen molar-refractivity contribution in [3.63, 3.8) is 0 Å². The Morgan fingerprint density at radius 2 is 2.16 bits per heavy atom. The minimum absolute atomic E-state index is 0. The molecule has 1 atom stereocenters. The van der Waals surface area contributed by atoms with Crippen molar-refractivity contribution in [2.24, 2.45) is 4.99 Å². The molecule has 3 heterocycles. The normalized spacial score (nSPS) is 16.9. The summed E-state index contributed by atoms with van der Waals surface area (Å²) in [5.41, 5.74) is 1.02. The van der Waals surface area contributed by atoms with Crippen LogP contribution >= 0.6 is 24.0 Å². The average molecular weight is 458 g/mol. The highest BCUT2D eigenvalue weighted by Crippen LogP contribution is 2.24. The van der Waals surface area contributed by atoms with E-state index < -0.39 is 0 Å². The van der Waals surface area contributed by atoms with Crippen LogP contribution in [0.15, 0.2) is 40.1 Å². The summed E-state index contributed by atoms with van der Waals surface area (Å²) < 4.78 is 5.68. The molecule has 0 bridgehead atoms. The molecule has 1 aliphatic rings. The van der Waals surface area contributed by atoms with Crippen molar-refractivity contribution in [1.82, 2.24) is 25.7 Å². The summed E-state index contributed by atoms with van der Waals surface area (Å²) in [6.45, 7) is 3.66. The summed E-state index contributed by atoms with van der Waals surface area (Å²) >= 11 is 0. The lowest BCUT2D eigenvalue weighted by Gasteiger charge is -2.33. The van der Waals surface area contributed by atoms with Gasteiger partial charge in [-0.3, -0.25) is 15.0 Å². The highest BCUT2D eigenvalue weighted by atomic mass is 127. The van der Waals surface area contributed by atoms with E-state index in [4.69, 9.17) is 4.42 Å². The Bertz CT molecular complexity index is 607. The van der Waals surface area contributed by atoms with E-state index >= 15 is 0 Å². The topological polar surface area (TPSA) is 81.5 Å². The van der Waals surface area contributed by atoms with Gasteiger partial charge in [-0.1, -0.05) is 6.42 Å². The number of guanidine groups is 1. The van der Waals surface area contributed by atoms with Crippen molar-refractivity contribution >= 4 is 29.9 Å². The molecule has 2 aromatic heterocycles. The molecule has 1 saturated heterocycles. The molecule has 7 nitrogen and oxygen atoms in total. The molecule has 1 unspecified atom stereocenters. The number of nitrogens with one attached hydrogen (secondary N) is 3. The predicted molar refractivity (Wildman–Crippen MR) is 109 cm³/mol. The number of nitrogens with zero attached hydrogens (tertiary/aromatic N) is 3. The summed E-state index contributed by atoms with van der Waals surface area (Å²) in [6.07, 6.45) is 7.32. The molecule has 8 heteroatoms. The standard InChI is InChI=1S/C17H26N6O.HI/c1-18-17(19-12-14-7-8-21-22-14)20-13-15(16-6-5-11-24-16)23-9-3-2-4-10-23;/h5-8,11,15H,2-4,9-10,12-13H2,1H3,(H,21,22)(H2,18,19,20);1H. The predicted octanol–water partition coefficient (Wildman–Crippen LogP) is 2.51. The Balaban J connectivity index is 0.00000225. The van der Waals surface area contributed by atoms with E-state index in [2.05, 4.69) is 36.8 Å². The second-order valence-corrected chi connectivity index (χ2v) is 6.02. The fourth-order valence-electron chi connectivity index (χ4n) is 3.10. The maximum Gasteiger partial charge on any atom is 0.191 e. The first-order valence-corrected chi connectivity index (χ1v) is 8.57. The number of hydrogen-bond donors (Lipinski definition) is 3. The summed E-state index contributed by atoms with van der Waals surface area (Å²) in [5, 5.41) is 13.6. The quantitative estimate of drug-likeness (QED) is 0.352. The number of aliphatic imine (C=N–C) groups is 1. The number of aromatic nitrogens is 2. The maximum absolute atomic E-state index is 5.68. The van der Waals surface area contributed by atoms with Gasteiger partial charge in [0.15, 0.2) is 5.96 Å². The van der Waals surface area contributed by atoms with Gasteiger partial charge >= 0.3 is 0 Å². The van der Waals surface area contributed by atoms with E-state index in [1.54, 1.807) is 19.5 Å². The lowest BCUT2D eigenvalue weighted by molar-refractivity contribution is 0.146. The van der Waals surface area contributed by atoms with Crippen molar-refractivity contribution in [2.45, 2.75) is 31.8 Å². The number of rotatable bonds is 6. The molecule has 2 aromatic rings. The first-order chi connectivity index (χ1) is 11.9. The molecule has 0 aromatic carbocycles. The zero-order chi connectivity index (χ0) is 16.6. The van der Waals surface area contributed by atoms with Crippen LogP contribution in [0.5, 0.6) is 0 Å². The first kappa shape index (κ1) is 19.8. The van der Waals surface area contributed by atoms with Crippen molar-refractivity contribution in [3.05, 3.63) is 42.1 Å². The molecule has 0 radical (unpaired) electrons. The van der Waals surface area contributed by atoms with Gasteiger partial charge in [0.2, 0.25) is 0 Å². The minimum atomic E-state index is 0. The van der Waals surface area contributed by atoms with Crippen LogP contribution < -0.4 is 10.6 Å². The Morgan fingerprint density at radius 1 is 1.32 bits per heavy atom. The third-order valence-electron chi connectivity index (χ3n) is 4.39. The molecule has 1 fully saturated rings. The molecule has 0 saturated carbocycles. The molecule has 1 aliphatic heterocycles. The summed E-state index contributed by atoms with van der Waals surface area (Å²) in [7, 11) is 1.78. The van der Waals surface area contributed by atoms with E-state index in [-0.39, 0.29) is 30.0 Å². The van der Waals surface area contributed by atoms with Gasteiger partial charge < -0.3 is 15.1 Å². The van der Waals surface area contributed by atoms with Gasteiger partial charge in [-0.2, -0.15) is 5.10 Å². The minimum Gasteiger partial charge on any atom is -0.468 e. The Hall–Kier alpha value is -1.55. The van der Waals surface area contributed by atoms with Gasteiger partial charge in [0, 0.05) is 19.8 Å². The second kappa shape index (κ2) is 10.4. The fraction of sp³-hybridized carbons (Fsp3) is 0.529. The van der Waals surface area contributed by atoms with Crippen LogP contribution in [0.2, 0.25) is 0 Å². The zero-order valence-corrected chi connectivity index (χ0v) is 16.9. The van der Waals surface area contributed by atoms with Crippen LogP contribution in [-0.4, -0.2) is 47.7 Å². The van der Waals surface area contributed by atoms with Crippen molar-refractivity contribution in [2.75, 3.05) is 26.7 Å². The summed E-state index contributed by atoms with van der Waals surface area (Å²) in [5.74, 6) is 1.78. The molecular formula is C17H27IN6O. The summed E-state index contributed by atoms with van der Waals surface area (Å²) in [4.78, 5) is 6.79. The van der Waals surface area contributed by atoms with Crippen LogP contribution in [0.1, 0.15) is 36.8 Å².